The second-order valence-electron chi connectivity index (χ2n) is 8.83. The van der Waals surface area contributed by atoms with Gasteiger partial charge in [0.05, 0.1) is 11.1 Å². The third-order valence-corrected chi connectivity index (χ3v) is 6.33. The molecule has 2 aromatic carbocycles. The lowest BCUT2D eigenvalue weighted by atomic mass is 10.1. The van der Waals surface area contributed by atoms with E-state index in [-0.39, 0.29) is 11.5 Å². The Kier molecular flexibility index (Phi) is 5.38. The average Bonchev–Trinajstić information content (AvgIpc) is 3.55. The van der Waals surface area contributed by atoms with Crippen molar-refractivity contribution in [3.05, 3.63) is 65.9 Å². The number of hydrogen-bond donors (Lipinski definition) is 0. The summed E-state index contributed by atoms with van der Waals surface area (Å²) in [7, 11) is 5.88. The summed E-state index contributed by atoms with van der Waals surface area (Å²) in [6.45, 7) is 1.30. The summed E-state index contributed by atoms with van der Waals surface area (Å²) in [5.41, 5.74) is 2.36. The minimum atomic E-state index is -0.626. The maximum absolute atomic E-state index is 14.5. The fourth-order valence-electron chi connectivity index (χ4n) is 4.42. The first-order chi connectivity index (χ1) is 16.3. The van der Waals surface area contributed by atoms with E-state index in [1.165, 1.54) is 12.1 Å². The predicted molar refractivity (Wildman–Crippen MR) is 126 cm³/mol. The number of carbonyl (C=O) groups is 1. The minimum absolute atomic E-state index is 0.0401. The Morgan fingerprint density at radius 2 is 2.03 bits per heavy atom. The van der Waals surface area contributed by atoms with Gasteiger partial charge in [-0.15, -0.1) is 0 Å². The van der Waals surface area contributed by atoms with Crippen LogP contribution in [-0.2, 0) is 7.05 Å². The Morgan fingerprint density at radius 3 is 2.74 bits per heavy atom. The van der Waals surface area contributed by atoms with Crippen molar-refractivity contribution in [2.24, 2.45) is 7.05 Å². The monoisotopic (exact) mass is 457 g/mol. The molecule has 1 atom stereocenters. The molecule has 5 rings (SSSR count). The summed E-state index contributed by atoms with van der Waals surface area (Å²) in [5, 5.41) is 14.5. The molecule has 0 N–H and O–H groups in total. The SMILES string of the molecule is CN(C)[C@H]1CCN(C(=O)c2cn(-c3ccc4nn(C)cc4c3)c(-c3ccc(C#N)c(F)c3)n2)C1. The van der Waals surface area contributed by atoms with Crippen molar-refractivity contribution in [3.63, 3.8) is 0 Å². The van der Waals surface area contributed by atoms with E-state index in [2.05, 4.69) is 15.0 Å². The van der Waals surface area contributed by atoms with E-state index in [4.69, 9.17) is 5.26 Å². The Labute approximate surface area is 196 Å². The fourth-order valence-corrected chi connectivity index (χ4v) is 4.42. The van der Waals surface area contributed by atoms with Crippen molar-refractivity contribution in [1.29, 1.82) is 5.26 Å². The van der Waals surface area contributed by atoms with Crippen LogP contribution in [0.3, 0.4) is 0 Å². The van der Waals surface area contributed by atoms with E-state index < -0.39 is 5.82 Å². The summed E-state index contributed by atoms with van der Waals surface area (Å²) >= 11 is 0. The summed E-state index contributed by atoms with van der Waals surface area (Å²) in [4.78, 5) is 21.9. The van der Waals surface area contributed by atoms with Crippen LogP contribution >= 0.6 is 0 Å². The first-order valence-corrected chi connectivity index (χ1v) is 11.0. The number of imidazole rings is 1. The van der Waals surface area contributed by atoms with Crippen LogP contribution in [0.15, 0.2) is 48.8 Å². The van der Waals surface area contributed by atoms with Gasteiger partial charge in [-0.1, -0.05) is 0 Å². The number of hydrogen-bond acceptors (Lipinski definition) is 5. The highest BCUT2D eigenvalue weighted by Gasteiger charge is 2.30. The Bertz CT molecular complexity index is 1450. The molecule has 0 radical (unpaired) electrons. The maximum Gasteiger partial charge on any atom is 0.274 e. The fraction of sp³-hybridized carbons (Fsp3) is 0.280. The van der Waals surface area contributed by atoms with Crippen molar-refractivity contribution in [3.8, 4) is 23.1 Å². The molecule has 1 aliphatic heterocycles. The van der Waals surface area contributed by atoms with E-state index in [1.54, 1.807) is 21.5 Å². The summed E-state index contributed by atoms with van der Waals surface area (Å²) in [6.07, 6.45) is 4.52. The quantitative estimate of drug-likeness (QED) is 0.470. The smallest absolute Gasteiger partial charge is 0.274 e. The molecule has 0 saturated carbocycles. The van der Waals surface area contributed by atoms with E-state index in [0.29, 0.717) is 36.2 Å². The zero-order valence-corrected chi connectivity index (χ0v) is 19.2. The van der Waals surface area contributed by atoms with Crippen molar-refractivity contribution in [1.82, 2.24) is 29.1 Å². The maximum atomic E-state index is 14.5. The molecule has 4 aromatic rings. The third-order valence-electron chi connectivity index (χ3n) is 6.33. The largest absolute Gasteiger partial charge is 0.336 e. The van der Waals surface area contributed by atoms with Crippen LogP contribution in [-0.4, -0.2) is 68.3 Å². The number of fused-ring (bicyclic) bond motifs is 1. The van der Waals surface area contributed by atoms with Crippen molar-refractivity contribution >= 4 is 16.8 Å². The molecule has 34 heavy (non-hydrogen) atoms. The molecule has 1 fully saturated rings. The number of rotatable bonds is 4. The number of aryl methyl sites for hydroxylation is 1. The molecule has 172 valence electrons. The van der Waals surface area contributed by atoms with E-state index in [1.807, 2.05) is 56.5 Å². The highest BCUT2D eigenvalue weighted by atomic mass is 19.1. The standard InChI is InChI=1S/C25H24FN7O/c1-30(2)20-8-9-32(14-20)25(34)23-15-33(19-6-7-22-18(10-19)13-31(3)29-22)24(28-23)16-4-5-17(12-27)21(26)11-16/h4-7,10-11,13,15,20H,8-9,14H2,1-3H3/t20-/m0/s1. The van der Waals surface area contributed by atoms with Crippen molar-refractivity contribution in [2.75, 3.05) is 27.2 Å². The van der Waals surface area contributed by atoms with Crippen LogP contribution in [0.25, 0.3) is 28.0 Å². The first kappa shape index (κ1) is 21.8. The molecule has 0 unspecified atom stereocenters. The van der Waals surface area contributed by atoms with E-state index >= 15 is 0 Å². The van der Waals surface area contributed by atoms with Crippen LogP contribution in [0.5, 0.6) is 0 Å². The van der Waals surface area contributed by atoms with Gasteiger partial charge in [0.2, 0.25) is 0 Å². The summed E-state index contributed by atoms with van der Waals surface area (Å²) in [5.74, 6) is -0.349. The molecular weight excluding hydrogens is 433 g/mol. The van der Waals surface area contributed by atoms with E-state index in [9.17, 15) is 9.18 Å². The Balaban J connectivity index is 1.60. The number of likely N-dealkylation sites (tertiary alicyclic amines) is 1. The molecule has 9 heteroatoms. The molecule has 0 bridgehead atoms. The number of carbonyl (C=O) groups excluding carboxylic acids is 1. The van der Waals surface area contributed by atoms with Gasteiger partial charge in [-0.05, 0) is 56.9 Å². The lowest BCUT2D eigenvalue weighted by molar-refractivity contribution is 0.0778. The zero-order valence-electron chi connectivity index (χ0n) is 19.2. The van der Waals surface area contributed by atoms with Gasteiger partial charge in [-0.25, -0.2) is 9.37 Å². The van der Waals surface area contributed by atoms with Crippen LogP contribution in [0.4, 0.5) is 4.39 Å². The summed E-state index contributed by atoms with van der Waals surface area (Å²) in [6, 6.07) is 12.3. The number of aromatic nitrogens is 4. The van der Waals surface area contributed by atoms with Gasteiger partial charge in [-0.2, -0.15) is 10.4 Å². The van der Waals surface area contributed by atoms with Gasteiger partial charge in [0.15, 0.2) is 0 Å². The predicted octanol–water partition coefficient (Wildman–Crippen LogP) is 3.21. The molecule has 3 heterocycles. The number of nitriles is 1. The lowest BCUT2D eigenvalue weighted by Gasteiger charge is -2.19. The third kappa shape index (κ3) is 3.82. The lowest BCUT2D eigenvalue weighted by Crippen LogP contribution is -2.34. The number of halogens is 1. The molecular formula is C25H24FN7O. The Hall–Kier alpha value is -4.03. The van der Waals surface area contributed by atoms with Gasteiger partial charge in [0.25, 0.3) is 5.91 Å². The minimum Gasteiger partial charge on any atom is -0.336 e. The average molecular weight is 458 g/mol. The highest BCUT2D eigenvalue weighted by Crippen LogP contribution is 2.28. The van der Waals surface area contributed by atoms with Crippen molar-refractivity contribution < 1.29 is 9.18 Å². The van der Waals surface area contributed by atoms with Crippen LogP contribution in [0.2, 0.25) is 0 Å². The number of amides is 1. The van der Waals surface area contributed by atoms with Crippen LogP contribution < -0.4 is 0 Å². The second kappa shape index (κ2) is 8.39. The topological polar surface area (TPSA) is 83.0 Å². The second-order valence-corrected chi connectivity index (χ2v) is 8.83. The van der Waals surface area contributed by atoms with Crippen molar-refractivity contribution in [2.45, 2.75) is 12.5 Å². The molecule has 1 amide bonds. The number of benzene rings is 2. The van der Waals surface area contributed by atoms with E-state index in [0.717, 1.165) is 23.0 Å². The molecule has 8 nitrogen and oxygen atoms in total. The number of nitrogens with zero attached hydrogens (tertiary/aromatic N) is 7. The first-order valence-electron chi connectivity index (χ1n) is 11.0. The normalized spacial score (nSPS) is 15.9. The molecule has 2 aromatic heterocycles. The van der Waals surface area contributed by atoms with Crippen LogP contribution in [0.1, 0.15) is 22.5 Å². The van der Waals surface area contributed by atoms with Crippen LogP contribution in [0, 0.1) is 17.1 Å². The summed E-state index contributed by atoms with van der Waals surface area (Å²) < 4.78 is 18.0. The molecule has 1 saturated heterocycles. The molecule has 0 aliphatic carbocycles. The highest BCUT2D eigenvalue weighted by molar-refractivity contribution is 5.93. The van der Waals surface area contributed by atoms with Gasteiger partial charge in [-0.3, -0.25) is 14.0 Å². The zero-order chi connectivity index (χ0) is 24.0. The van der Waals surface area contributed by atoms with Gasteiger partial charge < -0.3 is 9.80 Å². The van der Waals surface area contributed by atoms with Gasteiger partial charge in [0.1, 0.15) is 23.4 Å². The molecule has 0 spiro atoms. The number of likely N-dealkylation sites (N-methyl/N-ethyl adjacent to an activating group) is 1. The van der Waals surface area contributed by atoms with Gasteiger partial charge in [0, 0.05) is 55.2 Å². The Morgan fingerprint density at radius 1 is 1.21 bits per heavy atom. The molecule has 1 aliphatic rings. The van der Waals surface area contributed by atoms with Gasteiger partial charge >= 0.3 is 0 Å².